The molecule has 2 aromatic carbocycles. The van der Waals surface area contributed by atoms with Gasteiger partial charge in [0.05, 0.1) is 13.2 Å². The number of carbonyl (C=O) groups is 1. The lowest BCUT2D eigenvalue weighted by Crippen LogP contribution is -2.40. The quantitative estimate of drug-likeness (QED) is 0.480. The van der Waals surface area contributed by atoms with Crippen LogP contribution >= 0.6 is 0 Å². The minimum Gasteiger partial charge on any atom is -0.406 e. The Balaban J connectivity index is 1.62. The average molecular weight is 486 g/mol. The van der Waals surface area contributed by atoms with E-state index in [0.29, 0.717) is 43.1 Å². The summed E-state index contributed by atoms with van der Waals surface area (Å²) < 4.78 is 48.5. The Hall–Kier alpha value is -3.59. The SMILES string of the molecule is Cc1ccc(C(=O)Cc2cccc(OC(F)(F)F)c2)cc1-c1cc(N2CCOCC2)c(=O)n(C)c1. The third-order valence-electron chi connectivity index (χ3n) is 5.88. The molecule has 0 unspecified atom stereocenters. The van der Waals surface area contributed by atoms with Crippen LogP contribution in [0.15, 0.2) is 59.5 Å². The second kappa shape index (κ2) is 9.95. The molecule has 0 N–H and O–H groups in total. The fraction of sp³-hybridized carbons (Fsp3) is 0.308. The van der Waals surface area contributed by atoms with Gasteiger partial charge in [0, 0.05) is 43.9 Å². The number of nitrogens with zero attached hydrogens (tertiary/aromatic N) is 2. The van der Waals surface area contributed by atoms with Crippen molar-refractivity contribution >= 4 is 11.5 Å². The largest absolute Gasteiger partial charge is 0.573 e. The first-order valence-electron chi connectivity index (χ1n) is 11.1. The van der Waals surface area contributed by atoms with Gasteiger partial charge in [-0.2, -0.15) is 0 Å². The predicted octanol–water partition coefficient (Wildman–Crippen LogP) is 4.52. The molecule has 1 fully saturated rings. The summed E-state index contributed by atoms with van der Waals surface area (Å²) in [7, 11) is 1.69. The molecular formula is C26H25F3N2O4. The molecule has 0 bridgehead atoms. The van der Waals surface area contributed by atoms with Gasteiger partial charge in [0.2, 0.25) is 0 Å². The van der Waals surface area contributed by atoms with E-state index < -0.39 is 6.36 Å². The molecule has 3 aromatic rings. The zero-order chi connectivity index (χ0) is 25.2. The molecule has 184 valence electrons. The number of hydrogen-bond acceptors (Lipinski definition) is 5. The Morgan fingerprint density at radius 2 is 1.83 bits per heavy atom. The van der Waals surface area contributed by atoms with Crippen LogP contribution in [-0.4, -0.2) is 43.0 Å². The van der Waals surface area contributed by atoms with Crippen LogP contribution in [-0.2, 0) is 18.2 Å². The Morgan fingerprint density at radius 3 is 2.54 bits per heavy atom. The Kier molecular flexibility index (Phi) is 6.98. The number of benzene rings is 2. The predicted molar refractivity (Wildman–Crippen MR) is 126 cm³/mol. The van der Waals surface area contributed by atoms with Crippen LogP contribution in [0.3, 0.4) is 0 Å². The summed E-state index contributed by atoms with van der Waals surface area (Å²) in [6, 6.07) is 12.5. The van der Waals surface area contributed by atoms with Crippen molar-refractivity contribution in [2.75, 3.05) is 31.2 Å². The first-order valence-corrected chi connectivity index (χ1v) is 11.1. The highest BCUT2D eigenvalue weighted by molar-refractivity contribution is 5.99. The molecule has 4 rings (SSSR count). The number of carbonyl (C=O) groups excluding carboxylic acids is 1. The van der Waals surface area contributed by atoms with E-state index in [1.165, 1.54) is 22.8 Å². The van der Waals surface area contributed by atoms with Crippen molar-refractivity contribution < 1.29 is 27.4 Å². The van der Waals surface area contributed by atoms with E-state index in [4.69, 9.17) is 4.74 Å². The Morgan fingerprint density at radius 1 is 1.09 bits per heavy atom. The van der Waals surface area contributed by atoms with Crippen LogP contribution in [0.4, 0.5) is 18.9 Å². The van der Waals surface area contributed by atoms with E-state index in [1.807, 2.05) is 24.0 Å². The molecule has 1 aliphatic heterocycles. The number of hydrogen-bond donors (Lipinski definition) is 0. The molecule has 6 nitrogen and oxygen atoms in total. The summed E-state index contributed by atoms with van der Waals surface area (Å²) in [6.45, 7) is 4.25. The van der Waals surface area contributed by atoms with Gasteiger partial charge in [-0.25, -0.2) is 0 Å². The summed E-state index contributed by atoms with van der Waals surface area (Å²) in [5, 5.41) is 0. The first-order chi connectivity index (χ1) is 16.6. The molecule has 1 saturated heterocycles. The first kappa shape index (κ1) is 24.5. The lowest BCUT2D eigenvalue weighted by Gasteiger charge is -2.29. The van der Waals surface area contributed by atoms with E-state index in [9.17, 15) is 22.8 Å². The van der Waals surface area contributed by atoms with Gasteiger partial charge in [-0.3, -0.25) is 9.59 Å². The highest BCUT2D eigenvalue weighted by Crippen LogP contribution is 2.28. The van der Waals surface area contributed by atoms with Gasteiger partial charge >= 0.3 is 6.36 Å². The molecule has 9 heteroatoms. The van der Waals surface area contributed by atoms with E-state index in [-0.39, 0.29) is 23.5 Å². The Bertz CT molecular complexity index is 1290. The monoisotopic (exact) mass is 486 g/mol. The van der Waals surface area contributed by atoms with Gasteiger partial charge in [0.25, 0.3) is 5.56 Å². The maximum Gasteiger partial charge on any atom is 0.573 e. The van der Waals surface area contributed by atoms with Crippen molar-refractivity contribution in [3.8, 4) is 16.9 Å². The molecule has 0 amide bonds. The number of pyridine rings is 1. The number of ether oxygens (including phenoxy) is 2. The molecule has 0 radical (unpaired) electrons. The minimum atomic E-state index is -4.80. The fourth-order valence-electron chi connectivity index (χ4n) is 4.12. The smallest absolute Gasteiger partial charge is 0.406 e. The molecule has 0 aliphatic carbocycles. The summed E-state index contributed by atoms with van der Waals surface area (Å²) in [5.41, 5.74) is 3.82. The average Bonchev–Trinajstić information content (AvgIpc) is 2.81. The van der Waals surface area contributed by atoms with Crippen molar-refractivity contribution in [3.63, 3.8) is 0 Å². The molecule has 35 heavy (non-hydrogen) atoms. The number of aryl methyl sites for hydroxylation is 2. The lowest BCUT2D eigenvalue weighted by molar-refractivity contribution is -0.274. The third-order valence-corrected chi connectivity index (χ3v) is 5.88. The molecule has 1 aliphatic rings. The van der Waals surface area contributed by atoms with Crippen molar-refractivity contribution in [3.05, 3.63) is 81.8 Å². The van der Waals surface area contributed by atoms with Crippen LogP contribution < -0.4 is 15.2 Å². The molecular weight excluding hydrogens is 461 g/mol. The summed E-state index contributed by atoms with van der Waals surface area (Å²) in [5.74, 6) is -0.609. The van der Waals surface area contributed by atoms with Crippen LogP contribution in [0.25, 0.3) is 11.1 Å². The van der Waals surface area contributed by atoms with Crippen molar-refractivity contribution in [2.45, 2.75) is 19.7 Å². The zero-order valence-corrected chi connectivity index (χ0v) is 19.4. The standard InChI is InChI=1S/C26H25F3N2O4/c1-17-6-7-19(24(32)13-18-4-3-5-21(12-18)35-26(27,28)29)14-22(17)20-15-23(25(33)30(2)16-20)31-8-10-34-11-9-31/h3-7,12,14-16H,8-11,13H2,1-2H3. The molecule has 2 heterocycles. The number of morpholine rings is 1. The number of alkyl halides is 3. The number of aromatic nitrogens is 1. The van der Waals surface area contributed by atoms with Gasteiger partial charge in [0.15, 0.2) is 5.78 Å². The van der Waals surface area contributed by atoms with E-state index in [0.717, 1.165) is 16.7 Å². The number of anilines is 1. The molecule has 1 aromatic heterocycles. The summed E-state index contributed by atoms with van der Waals surface area (Å²) >= 11 is 0. The normalized spacial score (nSPS) is 14.1. The number of rotatable bonds is 6. The highest BCUT2D eigenvalue weighted by atomic mass is 19.4. The molecule has 0 saturated carbocycles. The van der Waals surface area contributed by atoms with E-state index >= 15 is 0 Å². The van der Waals surface area contributed by atoms with Gasteiger partial charge in [-0.1, -0.05) is 24.3 Å². The second-order valence-electron chi connectivity index (χ2n) is 8.45. The minimum absolute atomic E-state index is 0.0795. The van der Waals surface area contributed by atoms with Crippen LogP contribution in [0.1, 0.15) is 21.5 Å². The topological polar surface area (TPSA) is 60.8 Å². The third kappa shape index (κ3) is 5.92. The summed E-state index contributed by atoms with van der Waals surface area (Å²) in [6.07, 6.45) is -3.14. The van der Waals surface area contributed by atoms with Crippen LogP contribution in [0, 0.1) is 6.92 Å². The van der Waals surface area contributed by atoms with E-state index in [1.54, 1.807) is 31.4 Å². The Labute approximate surface area is 200 Å². The van der Waals surface area contributed by atoms with Crippen molar-refractivity contribution in [2.24, 2.45) is 7.05 Å². The highest BCUT2D eigenvalue weighted by Gasteiger charge is 2.31. The van der Waals surface area contributed by atoms with Gasteiger partial charge in [0.1, 0.15) is 11.4 Å². The van der Waals surface area contributed by atoms with Crippen molar-refractivity contribution in [1.82, 2.24) is 4.57 Å². The maximum atomic E-state index is 13.0. The summed E-state index contributed by atoms with van der Waals surface area (Å²) in [4.78, 5) is 27.8. The molecule has 0 spiro atoms. The fourth-order valence-corrected chi connectivity index (χ4v) is 4.12. The number of halogens is 3. The second-order valence-corrected chi connectivity index (χ2v) is 8.45. The zero-order valence-electron chi connectivity index (χ0n) is 19.4. The number of Topliss-reactive ketones (excluding diaryl/α,β-unsaturated/α-hetero) is 1. The molecule has 0 atom stereocenters. The lowest BCUT2D eigenvalue weighted by atomic mass is 9.95. The van der Waals surface area contributed by atoms with Gasteiger partial charge in [-0.15, -0.1) is 13.2 Å². The van der Waals surface area contributed by atoms with Crippen LogP contribution in [0.5, 0.6) is 5.75 Å². The van der Waals surface area contributed by atoms with Gasteiger partial charge in [-0.05, 0) is 47.9 Å². The van der Waals surface area contributed by atoms with Crippen LogP contribution in [0.2, 0.25) is 0 Å². The van der Waals surface area contributed by atoms with Gasteiger partial charge < -0.3 is 18.9 Å². The number of ketones is 1. The van der Waals surface area contributed by atoms with E-state index in [2.05, 4.69) is 4.74 Å². The van der Waals surface area contributed by atoms with Crippen molar-refractivity contribution in [1.29, 1.82) is 0 Å². The maximum absolute atomic E-state index is 13.0.